The minimum Gasteiger partial charge on any atom is -0.454 e. The van der Waals surface area contributed by atoms with Gasteiger partial charge in [0.2, 0.25) is 0 Å². The molecule has 0 bridgehead atoms. The van der Waals surface area contributed by atoms with E-state index < -0.39 is 19.9 Å². The lowest BCUT2D eigenvalue weighted by atomic mass is 10.0. The minimum absolute atomic E-state index is 0.0622. The summed E-state index contributed by atoms with van der Waals surface area (Å²) >= 11 is 0. The molecule has 0 aromatic heterocycles. The average molecular weight is 767 g/mol. The number of quaternary nitrogens is 1. The summed E-state index contributed by atoms with van der Waals surface area (Å²) in [5, 5.41) is 0. The van der Waals surface area contributed by atoms with Gasteiger partial charge in [0.1, 0.15) is 19.3 Å². The van der Waals surface area contributed by atoms with Crippen LogP contribution in [0.25, 0.3) is 0 Å². The molecule has 0 saturated carbocycles. The average Bonchev–Trinajstić information content (AvgIpc) is 3.11. The number of ether oxygens (including phenoxy) is 2. The molecule has 0 saturated heterocycles. The molecule has 53 heavy (non-hydrogen) atoms. The maximum absolute atomic E-state index is 12.5. The Balaban J connectivity index is 4.49. The molecule has 0 radical (unpaired) electrons. The van der Waals surface area contributed by atoms with Gasteiger partial charge in [0.05, 0.1) is 34.4 Å². The van der Waals surface area contributed by atoms with E-state index in [4.69, 9.17) is 18.5 Å². The van der Waals surface area contributed by atoms with Crippen LogP contribution in [0.15, 0.2) is 60.8 Å². The van der Waals surface area contributed by atoms with Crippen molar-refractivity contribution in [3.8, 4) is 0 Å². The molecule has 0 aromatic carbocycles. The zero-order valence-electron chi connectivity index (χ0n) is 34.7. The van der Waals surface area contributed by atoms with Crippen LogP contribution in [0.2, 0.25) is 0 Å². The summed E-state index contributed by atoms with van der Waals surface area (Å²) in [5.41, 5.74) is 0. The number of unbranched alkanes of at least 4 members (excludes halogenated alkanes) is 20. The van der Waals surface area contributed by atoms with Crippen LogP contribution in [0, 0.1) is 0 Å². The topological polar surface area (TPSA) is 91.3 Å². The van der Waals surface area contributed by atoms with Crippen LogP contribution in [0.5, 0.6) is 0 Å². The van der Waals surface area contributed by atoms with E-state index in [-0.39, 0.29) is 19.8 Å². The van der Waals surface area contributed by atoms with Crippen molar-refractivity contribution >= 4 is 13.8 Å². The van der Waals surface area contributed by atoms with E-state index in [2.05, 4.69) is 26.0 Å². The van der Waals surface area contributed by atoms with E-state index >= 15 is 0 Å². The molecular formula is C44H81NO7P+. The maximum atomic E-state index is 12.5. The standard InChI is InChI=1S/C44H80NO7P/c1-6-8-10-12-14-16-18-20-22-23-24-25-27-29-31-33-35-37-44(46)52-43(42-51-53(47,48)50-40-38-45(3,4)5)41-49-39-36-34-32-30-28-26-21-19-17-15-13-11-9-7-2/h22-25,27,29,31,33,35,37,43H,6-21,26,28,30,32,34,36,38-42H2,1-5H3/p+1/b23-22+,25-24+,29-27+,33-31+,37-35+. The Morgan fingerprint density at radius 1 is 0.585 bits per heavy atom. The third-order valence-electron chi connectivity index (χ3n) is 8.79. The van der Waals surface area contributed by atoms with Gasteiger partial charge in [-0.05, 0) is 19.3 Å². The summed E-state index contributed by atoms with van der Waals surface area (Å²) in [7, 11) is 1.58. The first-order valence-electron chi connectivity index (χ1n) is 21.1. The summed E-state index contributed by atoms with van der Waals surface area (Å²) in [6.45, 7) is 5.39. The molecule has 0 heterocycles. The third-order valence-corrected chi connectivity index (χ3v) is 9.77. The SMILES string of the molecule is CCCCCCCCC/C=C/C=C/C=C/C=C/C=C/C(=O)OC(COCCCCCCCCCCCCCCCC)COP(=O)(O)OCC[N+](C)(C)C. The molecule has 1 N–H and O–H groups in total. The third kappa shape index (κ3) is 41.2. The normalized spacial score (nSPS) is 14.5. The molecule has 2 atom stereocenters. The van der Waals surface area contributed by atoms with E-state index in [1.54, 1.807) is 12.2 Å². The Hall–Kier alpha value is -1.80. The smallest absolute Gasteiger partial charge is 0.454 e. The van der Waals surface area contributed by atoms with E-state index in [0.29, 0.717) is 17.6 Å². The molecule has 0 aliphatic carbocycles. The molecule has 0 aromatic rings. The van der Waals surface area contributed by atoms with Gasteiger partial charge >= 0.3 is 13.8 Å². The predicted molar refractivity (Wildman–Crippen MR) is 224 cm³/mol. The molecule has 9 heteroatoms. The fraction of sp³-hybridized carbons (Fsp3) is 0.750. The van der Waals surface area contributed by atoms with E-state index in [0.717, 1.165) is 19.3 Å². The van der Waals surface area contributed by atoms with Crippen LogP contribution < -0.4 is 0 Å². The Bertz CT molecular complexity index is 1030. The highest BCUT2D eigenvalue weighted by atomic mass is 31.2. The second-order valence-electron chi connectivity index (χ2n) is 15.2. The lowest BCUT2D eigenvalue weighted by Crippen LogP contribution is -2.37. The molecule has 308 valence electrons. The number of phosphoric ester groups is 1. The van der Waals surface area contributed by atoms with Crippen molar-refractivity contribution in [2.75, 3.05) is 54.1 Å². The summed E-state index contributed by atoms with van der Waals surface area (Å²) in [6.07, 6.45) is 46.1. The van der Waals surface area contributed by atoms with Crippen molar-refractivity contribution in [1.82, 2.24) is 0 Å². The summed E-state index contributed by atoms with van der Waals surface area (Å²) in [6, 6.07) is 0. The Labute approximate surface area is 326 Å². The van der Waals surface area contributed by atoms with Crippen molar-refractivity contribution in [2.45, 2.75) is 161 Å². The van der Waals surface area contributed by atoms with Gasteiger partial charge in [-0.1, -0.05) is 191 Å². The fourth-order valence-corrected chi connectivity index (χ4v) is 6.23. The summed E-state index contributed by atoms with van der Waals surface area (Å²) in [4.78, 5) is 22.7. The first-order chi connectivity index (χ1) is 25.6. The van der Waals surface area contributed by atoms with Crippen molar-refractivity contribution in [2.24, 2.45) is 0 Å². The largest absolute Gasteiger partial charge is 0.472 e. The number of carbonyl (C=O) groups is 1. The lowest BCUT2D eigenvalue weighted by Gasteiger charge is -2.24. The number of hydrogen-bond donors (Lipinski definition) is 1. The molecule has 8 nitrogen and oxygen atoms in total. The molecule has 2 unspecified atom stereocenters. The van der Waals surface area contributed by atoms with Crippen molar-refractivity contribution in [3.63, 3.8) is 0 Å². The zero-order valence-corrected chi connectivity index (χ0v) is 35.6. The highest BCUT2D eigenvalue weighted by molar-refractivity contribution is 7.47. The number of allylic oxidation sites excluding steroid dienone is 9. The Morgan fingerprint density at radius 2 is 1.04 bits per heavy atom. The van der Waals surface area contributed by atoms with Crippen LogP contribution in [0.4, 0.5) is 0 Å². The quantitative estimate of drug-likeness (QED) is 0.0167. The lowest BCUT2D eigenvalue weighted by molar-refractivity contribution is -0.870. The van der Waals surface area contributed by atoms with Crippen LogP contribution in [-0.4, -0.2) is 75.6 Å². The van der Waals surface area contributed by atoms with Gasteiger partial charge in [-0.2, -0.15) is 0 Å². The van der Waals surface area contributed by atoms with E-state index in [9.17, 15) is 14.3 Å². The number of likely N-dealkylation sites (N-methyl/N-ethyl adjacent to an activating group) is 1. The maximum Gasteiger partial charge on any atom is 0.472 e. The van der Waals surface area contributed by atoms with Crippen LogP contribution in [0.3, 0.4) is 0 Å². The molecule has 0 fully saturated rings. The highest BCUT2D eigenvalue weighted by Crippen LogP contribution is 2.43. The summed E-state index contributed by atoms with van der Waals surface area (Å²) in [5.74, 6) is -0.586. The monoisotopic (exact) mass is 767 g/mol. The molecule has 0 aliphatic rings. The van der Waals surface area contributed by atoms with Crippen LogP contribution in [-0.2, 0) is 27.9 Å². The highest BCUT2D eigenvalue weighted by Gasteiger charge is 2.26. The van der Waals surface area contributed by atoms with Gasteiger partial charge < -0.3 is 18.9 Å². The van der Waals surface area contributed by atoms with E-state index in [1.807, 2.05) is 51.5 Å². The van der Waals surface area contributed by atoms with E-state index in [1.165, 1.54) is 128 Å². The van der Waals surface area contributed by atoms with Crippen molar-refractivity contribution < 1.29 is 37.3 Å². The fourth-order valence-electron chi connectivity index (χ4n) is 5.49. The zero-order chi connectivity index (χ0) is 39.1. The van der Waals surface area contributed by atoms with Gasteiger partial charge in [-0.3, -0.25) is 9.05 Å². The van der Waals surface area contributed by atoms with Gasteiger partial charge in [-0.25, -0.2) is 9.36 Å². The molecule has 0 amide bonds. The summed E-state index contributed by atoms with van der Waals surface area (Å²) < 4.78 is 34.7. The number of hydrogen-bond acceptors (Lipinski definition) is 6. The number of nitrogens with zero attached hydrogens (tertiary/aromatic N) is 1. The number of esters is 1. The second-order valence-corrected chi connectivity index (χ2v) is 16.6. The van der Waals surface area contributed by atoms with Gasteiger partial charge in [0, 0.05) is 12.7 Å². The molecule has 0 rings (SSSR count). The van der Waals surface area contributed by atoms with Gasteiger partial charge in [0.25, 0.3) is 0 Å². The first-order valence-corrected chi connectivity index (χ1v) is 22.6. The number of phosphoric acid groups is 1. The molecule has 0 aliphatic heterocycles. The Kier molecular flexibility index (Phi) is 35.9. The van der Waals surface area contributed by atoms with Gasteiger partial charge in [-0.15, -0.1) is 0 Å². The first kappa shape index (κ1) is 51.2. The number of carbonyl (C=O) groups excluding carboxylic acids is 1. The van der Waals surface area contributed by atoms with Crippen molar-refractivity contribution in [1.29, 1.82) is 0 Å². The predicted octanol–water partition coefficient (Wildman–Crippen LogP) is 12.2. The molecular weight excluding hydrogens is 685 g/mol. The van der Waals surface area contributed by atoms with Crippen LogP contribution >= 0.6 is 7.82 Å². The minimum atomic E-state index is -4.31. The van der Waals surface area contributed by atoms with Gasteiger partial charge in [0.15, 0.2) is 0 Å². The van der Waals surface area contributed by atoms with Crippen LogP contribution in [0.1, 0.15) is 155 Å². The second kappa shape index (κ2) is 37.1. The molecule has 0 spiro atoms. The van der Waals surface area contributed by atoms with Crippen molar-refractivity contribution in [3.05, 3.63) is 60.8 Å². The Morgan fingerprint density at radius 3 is 1.55 bits per heavy atom. The number of rotatable bonds is 38.